The fraction of sp³-hybridized carbons (Fsp3) is 0.400. The number of anilines is 2. The third kappa shape index (κ3) is 2.81. The van der Waals surface area contributed by atoms with Gasteiger partial charge >= 0.3 is 5.97 Å². The SMILES string of the molecule is CCOC(=O)c1c(N)nsc1NCc1nncn1C. The molecule has 0 aliphatic heterocycles. The molecular weight excluding hydrogens is 268 g/mol. The molecule has 0 fully saturated rings. The Bertz CT molecular complexity index is 578. The van der Waals surface area contributed by atoms with Crippen molar-refractivity contribution < 1.29 is 9.53 Å². The zero-order valence-corrected chi connectivity index (χ0v) is 11.4. The fourth-order valence-corrected chi connectivity index (χ4v) is 2.15. The third-order valence-corrected chi connectivity index (χ3v) is 3.23. The maximum atomic E-state index is 11.8. The van der Waals surface area contributed by atoms with Crippen molar-refractivity contribution in [2.75, 3.05) is 17.7 Å². The summed E-state index contributed by atoms with van der Waals surface area (Å²) in [5.74, 6) is 0.430. The highest BCUT2D eigenvalue weighted by Gasteiger charge is 2.20. The summed E-state index contributed by atoms with van der Waals surface area (Å²) in [5, 5.41) is 11.3. The highest BCUT2D eigenvalue weighted by atomic mass is 32.1. The molecule has 0 bridgehead atoms. The molecule has 0 spiro atoms. The maximum absolute atomic E-state index is 11.8. The van der Waals surface area contributed by atoms with Crippen LogP contribution in [0.4, 0.5) is 10.8 Å². The van der Waals surface area contributed by atoms with E-state index in [1.54, 1.807) is 17.8 Å². The number of nitrogens with zero attached hydrogens (tertiary/aromatic N) is 4. The first-order valence-corrected chi connectivity index (χ1v) is 6.39. The zero-order valence-electron chi connectivity index (χ0n) is 10.6. The molecule has 2 aromatic heterocycles. The third-order valence-electron chi connectivity index (χ3n) is 2.41. The van der Waals surface area contributed by atoms with Crippen molar-refractivity contribution in [1.82, 2.24) is 19.1 Å². The summed E-state index contributed by atoms with van der Waals surface area (Å²) in [6.07, 6.45) is 1.60. The van der Waals surface area contributed by atoms with Gasteiger partial charge in [0.05, 0.1) is 13.2 Å². The predicted molar refractivity (Wildman–Crippen MR) is 70.8 cm³/mol. The fourth-order valence-electron chi connectivity index (χ4n) is 1.45. The number of esters is 1. The summed E-state index contributed by atoms with van der Waals surface area (Å²) in [7, 11) is 1.84. The summed E-state index contributed by atoms with van der Waals surface area (Å²) in [5.41, 5.74) is 5.95. The van der Waals surface area contributed by atoms with Crippen molar-refractivity contribution in [2.45, 2.75) is 13.5 Å². The van der Waals surface area contributed by atoms with E-state index in [1.165, 1.54) is 0 Å². The minimum absolute atomic E-state index is 0.170. The molecule has 0 aliphatic rings. The number of rotatable bonds is 5. The molecule has 0 saturated carbocycles. The van der Waals surface area contributed by atoms with Gasteiger partial charge in [0.15, 0.2) is 11.6 Å². The molecule has 102 valence electrons. The normalized spacial score (nSPS) is 10.4. The van der Waals surface area contributed by atoms with E-state index in [2.05, 4.69) is 19.9 Å². The second-order valence-electron chi connectivity index (χ2n) is 3.70. The first kappa shape index (κ1) is 13.3. The van der Waals surface area contributed by atoms with Crippen LogP contribution in [0.5, 0.6) is 0 Å². The van der Waals surface area contributed by atoms with Gasteiger partial charge < -0.3 is 20.4 Å². The molecule has 0 unspecified atom stereocenters. The van der Waals surface area contributed by atoms with Crippen molar-refractivity contribution >= 4 is 28.3 Å². The smallest absolute Gasteiger partial charge is 0.344 e. The zero-order chi connectivity index (χ0) is 13.8. The minimum Gasteiger partial charge on any atom is -0.462 e. The van der Waals surface area contributed by atoms with Crippen LogP contribution in [0.15, 0.2) is 6.33 Å². The Morgan fingerprint density at radius 1 is 1.63 bits per heavy atom. The van der Waals surface area contributed by atoms with Crippen molar-refractivity contribution in [3.05, 3.63) is 17.7 Å². The monoisotopic (exact) mass is 282 g/mol. The van der Waals surface area contributed by atoms with Gasteiger partial charge in [-0.15, -0.1) is 10.2 Å². The Morgan fingerprint density at radius 3 is 3.05 bits per heavy atom. The molecular formula is C10H14N6O2S. The van der Waals surface area contributed by atoms with E-state index < -0.39 is 5.97 Å². The van der Waals surface area contributed by atoms with E-state index in [4.69, 9.17) is 10.5 Å². The Morgan fingerprint density at radius 2 is 2.42 bits per heavy atom. The van der Waals surface area contributed by atoms with Crippen LogP contribution in [0.2, 0.25) is 0 Å². The molecule has 2 heterocycles. The van der Waals surface area contributed by atoms with E-state index in [-0.39, 0.29) is 18.0 Å². The molecule has 2 aromatic rings. The number of carbonyl (C=O) groups is 1. The van der Waals surface area contributed by atoms with Gasteiger partial charge in [0.25, 0.3) is 0 Å². The highest BCUT2D eigenvalue weighted by Crippen LogP contribution is 2.27. The van der Waals surface area contributed by atoms with Gasteiger partial charge in [-0.3, -0.25) is 0 Å². The predicted octanol–water partition coefficient (Wildman–Crippen LogP) is 0.643. The van der Waals surface area contributed by atoms with Crippen LogP contribution >= 0.6 is 11.5 Å². The van der Waals surface area contributed by atoms with Gasteiger partial charge in [-0.1, -0.05) is 0 Å². The van der Waals surface area contributed by atoms with Gasteiger partial charge in [-0.25, -0.2) is 4.79 Å². The van der Waals surface area contributed by atoms with Crippen LogP contribution in [0, 0.1) is 0 Å². The molecule has 3 N–H and O–H groups in total. The van der Waals surface area contributed by atoms with Gasteiger partial charge in [0.2, 0.25) is 0 Å². The van der Waals surface area contributed by atoms with Crippen LogP contribution in [0.3, 0.4) is 0 Å². The molecule has 0 atom stereocenters. The van der Waals surface area contributed by atoms with Gasteiger partial charge in [0, 0.05) is 7.05 Å². The second kappa shape index (κ2) is 5.65. The van der Waals surface area contributed by atoms with Crippen LogP contribution < -0.4 is 11.1 Å². The number of aromatic nitrogens is 4. The van der Waals surface area contributed by atoms with E-state index in [9.17, 15) is 4.79 Å². The molecule has 0 saturated heterocycles. The van der Waals surface area contributed by atoms with Crippen molar-refractivity contribution in [3.63, 3.8) is 0 Å². The van der Waals surface area contributed by atoms with Crippen LogP contribution in [-0.4, -0.2) is 31.7 Å². The van der Waals surface area contributed by atoms with Gasteiger partial charge in [-0.2, -0.15) is 4.37 Å². The Hall–Kier alpha value is -2.16. The van der Waals surface area contributed by atoms with E-state index in [0.29, 0.717) is 11.5 Å². The molecule has 0 radical (unpaired) electrons. The Balaban J connectivity index is 2.13. The second-order valence-corrected chi connectivity index (χ2v) is 4.48. The molecule has 19 heavy (non-hydrogen) atoms. The Labute approximate surface area is 113 Å². The van der Waals surface area contributed by atoms with Gasteiger partial charge in [0.1, 0.15) is 16.9 Å². The lowest BCUT2D eigenvalue weighted by atomic mass is 10.3. The van der Waals surface area contributed by atoms with E-state index in [0.717, 1.165) is 17.4 Å². The molecule has 0 aromatic carbocycles. The van der Waals surface area contributed by atoms with E-state index in [1.807, 2.05) is 7.05 Å². The number of hydrogen-bond acceptors (Lipinski definition) is 8. The number of nitrogens with two attached hydrogens (primary N) is 1. The molecule has 0 amide bonds. The number of ether oxygens (including phenoxy) is 1. The number of aryl methyl sites for hydroxylation is 1. The molecule has 9 heteroatoms. The van der Waals surface area contributed by atoms with E-state index >= 15 is 0 Å². The summed E-state index contributed by atoms with van der Waals surface area (Å²) in [6.45, 7) is 2.45. The summed E-state index contributed by atoms with van der Waals surface area (Å²) >= 11 is 1.11. The van der Waals surface area contributed by atoms with Crippen LogP contribution in [0.25, 0.3) is 0 Å². The molecule has 2 rings (SSSR count). The summed E-state index contributed by atoms with van der Waals surface area (Å²) in [4.78, 5) is 11.8. The van der Waals surface area contributed by atoms with Gasteiger partial charge in [-0.05, 0) is 18.5 Å². The largest absolute Gasteiger partial charge is 0.462 e. The van der Waals surface area contributed by atoms with Crippen LogP contribution in [0.1, 0.15) is 23.1 Å². The average Bonchev–Trinajstić information content (AvgIpc) is 2.93. The Kier molecular flexibility index (Phi) is 3.95. The van der Waals surface area contributed by atoms with Crippen molar-refractivity contribution in [3.8, 4) is 0 Å². The first-order valence-electron chi connectivity index (χ1n) is 5.62. The van der Waals surface area contributed by atoms with Crippen molar-refractivity contribution in [1.29, 1.82) is 0 Å². The minimum atomic E-state index is -0.478. The molecule has 0 aliphatic carbocycles. The number of nitrogen functional groups attached to an aromatic ring is 1. The number of nitrogens with one attached hydrogen (secondary N) is 1. The average molecular weight is 282 g/mol. The number of carbonyl (C=O) groups excluding carboxylic acids is 1. The standard InChI is InChI=1S/C10H14N6O2S/c1-3-18-10(17)7-8(11)15-19-9(7)12-4-6-14-13-5-16(6)2/h5,12H,3-4H2,1-2H3,(H2,11,15). The van der Waals surface area contributed by atoms with Crippen LogP contribution in [-0.2, 0) is 18.3 Å². The summed E-state index contributed by atoms with van der Waals surface area (Å²) in [6, 6.07) is 0. The molecule has 8 nitrogen and oxygen atoms in total. The highest BCUT2D eigenvalue weighted by molar-refractivity contribution is 7.11. The lowest BCUT2D eigenvalue weighted by Gasteiger charge is -2.06. The summed E-state index contributed by atoms with van der Waals surface area (Å²) < 4.78 is 10.7. The first-order chi connectivity index (χ1) is 9.13. The maximum Gasteiger partial charge on any atom is 0.344 e. The lowest BCUT2D eigenvalue weighted by molar-refractivity contribution is 0.0529. The quantitative estimate of drug-likeness (QED) is 0.775. The topological polar surface area (TPSA) is 108 Å². The number of hydrogen-bond donors (Lipinski definition) is 2. The lowest BCUT2D eigenvalue weighted by Crippen LogP contribution is -2.11. The van der Waals surface area contributed by atoms with Crippen molar-refractivity contribution in [2.24, 2.45) is 7.05 Å².